The maximum atomic E-state index is 10.4. The van der Waals surface area contributed by atoms with Gasteiger partial charge in [-0.25, -0.2) is 0 Å². The van der Waals surface area contributed by atoms with Gasteiger partial charge in [-0.3, -0.25) is 9.80 Å². The normalized spacial score (nSPS) is 17.9. The van der Waals surface area contributed by atoms with Crippen molar-refractivity contribution >= 4 is 0 Å². The topological polar surface area (TPSA) is 81.8 Å². The zero-order valence-electron chi connectivity index (χ0n) is 20.8. The van der Waals surface area contributed by atoms with Crippen LogP contribution in [0.4, 0.5) is 0 Å². The van der Waals surface area contributed by atoms with E-state index in [2.05, 4.69) is 21.9 Å². The molecule has 0 aliphatic carbocycles. The molecule has 36 heavy (non-hydrogen) atoms. The molecule has 0 spiro atoms. The van der Waals surface area contributed by atoms with Crippen LogP contribution in [0, 0.1) is 22.7 Å². The highest BCUT2D eigenvalue weighted by atomic mass is 16.5. The van der Waals surface area contributed by atoms with E-state index in [1.807, 2.05) is 72.8 Å². The first-order valence-corrected chi connectivity index (χ1v) is 11.9. The van der Waals surface area contributed by atoms with Crippen LogP contribution >= 0.6 is 0 Å². The maximum Gasteiger partial charge on any atom is 0.125 e. The van der Waals surface area contributed by atoms with Gasteiger partial charge in [-0.05, 0) is 47.9 Å². The number of hydrogen-bond donors (Lipinski definition) is 0. The molecule has 0 bridgehead atoms. The fraction of sp³-hybridized carbons (Fsp3) is 0.310. The van der Waals surface area contributed by atoms with Crippen LogP contribution in [0.25, 0.3) is 0 Å². The van der Waals surface area contributed by atoms with Crippen LogP contribution in [0.5, 0.6) is 17.2 Å². The molecular weight excluding hydrogens is 452 g/mol. The minimum atomic E-state index is -0.524. The second kappa shape index (κ2) is 11.6. The van der Waals surface area contributed by atoms with Crippen molar-refractivity contribution in [3.8, 4) is 29.4 Å². The lowest BCUT2D eigenvalue weighted by Gasteiger charge is -2.47. The number of hydrogen-bond acceptors (Lipinski definition) is 7. The predicted octanol–water partition coefficient (Wildman–Crippen LogP) is 5.25. The van der Waals surface area contributed by atoms with Gasteiger partial charge in [-0.2, -0.15) is 10.5 Å². The smallest absolute Gasteiger partial charge is 0.125 e. The molecule has 1 fully saturated rings. The highest BCUT2D eigenvalue weighted by Crippen LogP contribution is 2.43. The molecule has 1 saturated heterocycles. The van der Waals surface area contributed by atoms with Gasteiger partial charge < -0.3 is 14.2 Å². The lowest BCUT2D eigenvalue weighted by molar-refractivity contribution is -0.0298. The predicted molar refractivity (Wildman–Crippen MR) is 136 cm³/mol. The second-order valence-corrected chi connectivity index (χ2v) is 8.55. The van der Waals surface area contributed by atoms with Gasteiger partial charge in [0.1, 0.15) is 29.3 Å². The number of ether oxygens (including phenoxy) is 3. The molecule has 7 heteroatoms. The summed E-state index contributed by atoms with van der Waals surface area (Å²) in [5.41, 5.74) is 2.67. The first kappa shape index (κ1) is 25.1. The number of rotatable bonds is 8. The summed E-state index contributed by atoms with van der Waals surface area (Å²) in [6.45, 7) is 1.40. The van der Waals surface area contributed by atoms with Crippen LogP contribution in [0.2, 0.25) is 0 Å². The van der Waals surface area contributed by atoms with Crippen LogP contribution in [0.15, 0.2) is 72.8 Å². The number of methoxy groups -OCH3 is 3. The number of nitriles is 2. The van der Waals surface area contributed by atoms with Crippen molar-refractivity contribution in [3.63, 3.8) is 0 Å². The third-order valence-corrected chi connectivity index (χ3v) is 6.65. The fourth-order valence-electron chi connectivity index (χ4n) is 4.90. The molecule has 7 nitrogen and oxygen atoms in total. The van der Waals surface area contributed by atoms with Crippen LogP contribution in [-0.2, 0) is 0 Å². The van der Waals surface area contributed by atoms with Crippen LogP contribution in [-0.4, -0.2) is 44.2 Å². The average molecular weight is 483 g/mol. The first-order valence-electron chi connectivity index (χ1n) is 11.9. The van der Waals surface area contributed by atoms with Crippen molar-refractivity contribution in [2.75, 3.05) is 34.4 Å². The van der Waals surface area contributed by atoms with Gasteiger partial charge in [0.2, 0.25) is 0 Å². The third kappa shape index (κ3) is 4.99. The van der Waals surface area contributed by atoms with E-state index in [0.717, 1.165) is 40.4 Å². The van der Waals surface area contributed by atoms with Crippen LogP contribution in [0.1, 0.15) is 41.4 Å². The summed E-state index contributed by atoms with van der Waals surface area (Å²) in [6.07, 6.45) is 0.460. The molecule has 4 rings (SSSR count). The van der Waals surface area contributed by atoms with Crippen molar-refractivity contribution < 1.29 is 14.2 Å². The van der Waals surface area contributed by atoms with Gasteiger partial charge in [-0.1, -0.05) is 42.5 Å². The molecule has 0 amide bonds. The van der Waals surface area contributed by atoms with E-state index in [4.69, 9.17) is 14.2 Å². The van der Waals surface area contributed by atoms with E-state index >= 15 is 0 Å². The van der Waals surface area contributed by atoms with Gasteiger partial charge in [0, 0.05) is 18.7 Å². The van der Waals surface area contributed by atoms with Crippen molar-refractivity contribution in [1.29, 1.82) is 10.5 Å². The lowest BCUT2D eigenvalue weighted by atomic mass is 9.96. The standard InChI is InChI=1S/C29H30N4O3/c1-34-23-13-9-21(10-14-23)26(19-30)32-17-6-18-33(29(32)25-7-4-5-8-28(25)36-3)27(20-31)22-11-15-24(35-2)16-12-22/h4-5,7-16,26-27,29H,6,17-18H2,1-3H3. The molecule has 1 heterocycles. The molecule has 1 aliphatic rings. The zero-order valence-corrected chi connectivity index (χ0v) is 20.8. The Bertz CT molecular complexity index is 1160. The Morgan fingerprint density at radius 3 is 1.58 bits per heavy atom. The monoisotopic (exact) mass is 482 g/mol. The summed E-state index contributed by atoms with van der Waals surface area (Å²) in [5.74, 6) is 2.19. The molecule has 0 N–H and O–H groups in total. The van der Waals surface area contributed by atoms with Crippen molar-refractivity contribution in [3.05, 3.63) is 89.5 Å². The van der Waals surface area contributed by atoms with E-state index in [9.17, 15) is 10.5 Å². The average Bonchev–Trinajstić information content (AvgIpc) is 2.94. The molecule has 2 atom stereocenters. The molecule has 184 valence electrons. The number of nitrogens with zero attached hydrogens (tertiary/aromatic N) is 4. The quantitative estimate of drug-likeness (QED) is 0.434. The highest BCUT2D eigenvalue weighted by molar-refractivity contribution is 5.39. The molecule has 3 aromatic carbocycles. The Kier molecular flexibility index (Phi) is 8.07. The molecule has 3 aromatic rings. The molecule has 0 radical (unpaired) electrons. The van der Waals surface area contributed by atoms with Gasteiger partial charge in [0.25, 0.3) is 0 Å². The Morgan fingerprint density at radius 1 is 0.694 bits per heavy atom. The Morgan fingerprint density at radius 2 is 1.17 bits per heavy atom. The first-order chi connectivity index (χ1) is 17.6. The summed E-state index contributed by atoms with van der Waals surface area (Å²) >= 11 is 0. The van der Waals surface area contributed by atoms with Crippen LogP contribution in [0.3, 0.4) is 0 Å². The zero-order chi connectivity index (χ0) is 25.5. The fourth-order valence-corrected chi connectivity index (χ4v) is 4.90. The Labute approximate surface area is 212 Å². The lowest BCUT2D eigenvalue weighted by Crippen LogP contribution is -2.50. The van der Waals surface area contributed by atoms with E-state index in [1.165, 1.54) is 0 Å². The second-order valence-electron chi connectivity index (χ2n) is 8.55. The van der Waals surface area contributed by atoms with Crippen molar-refractivity contribution in [2.24, 2.45) is 0 Å². The largest absolute Gasteiger partial charge is 0.497 e. The van der Waals surface area contributed by atoms with Crippen molar-refractivity contribution in [1.82, 2.24) is 9.80 Å². The van der Waals surface area contributed by atoms with E-state index < -0.39 is 12.1 Å². The van der Waals surface area contributed by atoms with Crippen LogP contribution < -0.4 is 14.2 Å². The molecule has 1 aliphatic heterocycles. The minimum Gasteiger partial charge on any atom is -0.497 e. The summed E-state index contributed by atoms with van der Waals surface area (Å²) < 4.78 is 16.4. The molecule has 0 saturated carbocycles. The Hall–Kier alpha value is -4.04. The number of benzene rings is 3. The summed E-state index contributed by atoms with van der Waals surface area (Å²) in [6, 6.07) is 27.0. The van der Waals surface area contributed by atoms with E-state index in [1.54, 1.807) is 21.3 Å². The van der Waals surface area contributed by atoms with Crippen molar-refractivity contribution in [2.45, 2.75) is 24.7 Å². The van der Waals surface area contributed by atoms with Gasteiger partial charge in [-0.15, -0.1) is 0 Å². The minimum absolute atomic E-state index is 0.353. The van der Waals surface area contributed by atoms with E-state index in [-0.39, 0.29) is 6.17 Å². The summed E-state index contributed by atoms with van der Waals surface area (Å²) in [5, 5.41) is 20.7. The third-order valence-electron chi connectivity index (χ3n) is 6.65. The molecule has 0 aromatic heterocycles. The van der Waals surface area contributed by atoms with Gasteiger partial charge >= 0.3 is 0 Å². The summed E-state index contributed by atoms with van der Waals surface area (Å²) in [4.78, 5) is 4.33. The van der Waals surface area contributed by atoms with Gasteiger partial charge in [0.05, 0.1) is 39.6 Å². The molecular formula is C29H30N4O3. The highest BCUT2D eigenvalue weighted by Gasteiger charge is 2.40. The van der Waals surface area contributed by atoms with E-state index in [0.29, 0.717) is 13.1 Å². The number of para-hydroxylation sites is 1. The Balaban J connectivity index is 1.81. The SMILES string of the molecule is COc1ccc(C(C#N)N2CCCN(C(C#N)c3ccc(OC)cc3)C2c2ccccc2OC)cc1. The summed E-state index contributed by atoms with van der Waals surface area (Å²) in [7, 11) is 4.89. The molecule has 2 unspecified atom stereocenters. The van der Waals surface area contributed by atoms with Gasteiger partial charge in [0.15, 0.2) is 0 Å². The maximum absolute atomic E-state index is 10.4.